The van der Waals surface area contributed by atoms with Crippen molar-refractivity contribution in [1.82, 2.24) is 19.1 Å². The van der Waals surface area contributed by atoms with Crippen LogP contribution in [0.1, 0.15) is 98.6 Å². The molecule has 0 unspecified atom stereocenters. The Labute approximate surface area is 312 Å². The van der Waals surface area contributed by atoms with Crippen molar-refractivity contribution in [3.63, 3.8) is 0 Å². The van der Waals surface area contributed by atoms with Gasteiger partial charge in [-0.05, 0) is 74.5 Å². The van der Waals surface area contributed by atoms with Gasteiger partial charge >= 0.3 is 12.4 Å². The van der Waals surface area contributed by atoms with Gasteiger partial charge in [0.1, 0.15) is 11.6 Å². The summed E-state index contributed by atoms with van der Waals surface area (Å²) in [6, 6.07) is 16.7. The van der Waals surface area contributed by atoms with Crippen molar-refractivity contribution in [3.8, 4) is 22.5 Å². The number of hydrogen-bond acceptors (Lipinski definition) is 4. The van der Waals surface area contributed by atoms with Gasteiger partial charge in [-0.15, -0.1) is 0 Å². The number of nitrogens with zero attached hydrogens (tertiary/aromatic N) is 4. The van der Waals surface area contributed by atoms with Crippen LogP contribution >= 0.6 is 0 Å². The van der Waals surface area contributed by atoms with E-state index >= 15 is 26.3 Å². The second kappa shape index (κ2) is 10.1. The first-order valence-electron chi connectivity index (χ1n) is 18.0. The van der Waals surface area contributed by atoms with Gasteiger partial charge in [-0.3, -0.25) is 18.7 Å². The number of carbonyl (C=O) groups is 2. The van der Waals surface area contributed by atoms with Gasteiger partial charge in [0.05, 0.1) is 33.0 Å². The molecule has 6 nitrogen and oxygen atoms in total. The molecule has 4 heterocycles. The van der Waals surface area contributed by atoms with Crippen molar-refractivity contribution in [2.45, 2.75) is 89.4 Å². The molecule has 9 rings (SSSR count). The smallest absolute Gasteiger partial charge is 0.273 e. The zero-order valence-electron chi connectivity index (χ0n) is 31.3. The second-order valence-corrected chi connectivity index (χ2v) is 17.3. The van der Waals surface area contributed by atoms with E-state index in [0.29, 0.717) is 50.1 Å². The summed E-state index contributed by atoms with van der Waals surface area (Å²) in [6.45, 7) is 15.2. The first-order chi connectivity index (χ1) is 25.4. The first kappa shape index (κ1) is 35.4. The number of imidazole rings is 2. The van der Waals surface area contributed by atoms with Gasteiger partial charge in [-0.25, -0.2) is 9.97 Å². The lowest BCUT2D eigenvalue weighted by Crippen LogP contribution is -2.56. The number of alkyl halides is 6. The Balaban J connectivity index is 1.16. The molecule has 0 radical (unpaired) electrons. The molecule has 0 amide bonds. The van der Waals surface area contributed by atoms with Crippen LogP contribution in [0.25, 0.3) is 44.6 Å². The second-order valence-electron chi connectivity index (χ2n) is 17.3. The van der Waals surface area contributed by atoms with Crippen molar-refractivity contribution in [2.24, 2.45) is 5.41 Å². The van der Waals surface area contributed by atoms with E-state index < -0.39 is 56.5 Å². The molecule has 2 aromatic heterocycles. The summed E-state index contributed by atoms with van der Waals surface area (Å²) in [5, 5.41) is 0. The highest BCUT2D eigenvalue weighted by Crippen LogP contribution is 2.61. The van der Waals surface area contributed by atoms with E-state index in [9.17, 15) is 9.59 Å². The zero-order chi connectivity index (χ0) is 39.8. The lowest BCUT2D eigenvalue weighted by Gasteiger charge is -2.55. The third-order valence-electron chi connectivity index (χ3n) is 13.8. The average molecular weight is 755 g/mol. The standard InChI is InChI=1S/C43H36F6N4O2/c1-37(2)27-14-12-24(20-28(27)38(37,3)4)41(42(44,45)46,43(47,48)49)23-11-13-25-26(19-23)34(54)52-31-17-21(9-15-29(31)50-33(25)52)22-10-16-30-32(18-22)53-35(51-30)39(5,6)40(7,8)36(53)55/h9-20H,1-8H3. The van der Waals surface area contributed by atoms with Crippen LogP contribution in [0, 0.1) is 5.41 Å². The van der Waals surface area contributed by atoms with Crippen molar-refractivity contribution >= 4 is 33.9 Å². The lowest BCUT2D eigenvalue weighted by atomic mass is 9.49. The molecule has 2 aliphatic heterocycles. The third-order valence-corrected chi connectivity index (χ3v) is 13.8. The van der Waals surface area contributed by atoms with Crippen molar-refractivity contribution in [2.75, 3.05) is 0 Å². The molecule has 0 bridgehead atoms. The van der Waals surface area contributed by atoms with E-state index in [-0.39, 0.29) is 22.9 Å². The highest BCUT2D eigenvalue weighted by Gasteiger charge is 2.73. The minimum atomic E-state index is -5.82. The SMILES string of the molecule is CC1(C)C(=O)n2c(nc3ccc(-c4ccc5nc6n(c5c4)C(=O)c4cc(C(c5ccc7c(c5)C(C)(C)C7(C)C)(C(F)(F)F)C(F)(F)F)ccc4-6)cc32)C1(C)C. The predicted molar refractivity (Wildman–Crippen MR) is 196 cm³/mol. The number of fused-ring (bicyclic) bond motifs is 9. The summed E-state index contributed by atoms with van der Waals surface area (Å²) in [6.07, 6.45) is -11.6. The Morgan fingerprint density at radius 3 is 1.65 bits per heavy atom. The molecule has 0 saturated heterocycles. The fraction of sp³-hybridized carbons (Fsp3) is 0.349. The number of rotatable bonds is 3. The number of carbonyl (C=O) groups excluding carboxylic acids is 2. The van der Waals surface area contributed by atoms with Crippen molar-refractivity contribution in [1.29, 1.82) is 0 Å². The molecule has 4 aromatic carbocycles. The third kappa shape index (κ3) is 4.02. The van der Waals surface area contributed by atoms with Gasteiger partial charge in [0, 0.05) is 11.0 Å². The first-order valence-corrected chi connectivity index (χ1v) is 18.0. The summed E-state index contributed by atoms with van der Waals surface area (Å²) in [4.78, 5) is 37.1. The molecule has 12 heteroatoms. The summed E-state index contributed by atoms with van der Waals surface area (Å²) < 4.78 is 94.7. The van der Waals surface area contributed by atoms with Crippen LogP contribution in [0.3, 0.4) is 0 Å². The van der Waals surface area contributed by atoms with Gasteiger partial charge in [0.2, 0.25) is 11.3 Å². The Morgan fingerprint density at radius 2 is 1.05 bits per heavy atom. The largest absolute Gasteiger partial charge is 0.411 e. The molecule has 3 aliphatic rings. The molecule has 0 saturated carbocycles. The van der Waals surface area contributed by atoms with Crippen LogP contribution in [-0.2, 0) is 21.7 Å². The van der Waals surface area contributed by atoms with Gasteiger partial charge in [-0.1, -0.05) is 97.9 Å². The van der Waals surface area contributed by atoms with Crippen LogP contribution in [0.5, 0.6) is 0 Å². The Bertz CT molecular complexity index is 2730. The van der Waals surface area contributed by atoms with Crippen molar-refractivity contribution < 1.29 is 35.9 Å². The summed E-state index contributed by atoms with van der Waals surface area (Å²) in [5.41, 5.74) is -4.51. The molecule has 0 fully saturated rings. The Morgan fingerprint density at radius 1 is 0.527 bits per heavy atom. The zero-order valence-corrected chi connectivity index (χ0v) is 31.3. The van der Waals surface area contributed by atoms with Gasteiger partial charge in [0.25, 0.3) is 5.91 Å². The summed E-state index contributed by atoms with van der Waals surface area (Å²) in [7, 11) is 0. The fourth-order valence-electron chi connectivity index (χ4n) is 9.05. The number of aromatic nitrogens is 4. The van der Waals surface area contributed by atoms with Crippen LogP contribution in [-0.4, -0.2) is 43.3 Å². The molecule has 0 atom stereocenters. The molecular weight excluding hydrogens is 718 g/mol. The van der Waals surface area contributed by atoms with E-state index in [1.807, 2.05) is 59.7 Å². The molecule has 0 spiro atoms. The minimum absolute atomic E-state index is 0.0764. The van der Waals surface area contributed by atoms with E-state index in [1.54, 1.807) is 36.6 Å². The van der Waals surface area contributed by atoms with Gasteiger partial charge in [0.15, 0.2) is 0 Å². The number of halogens is 6. The van der Waals surface area contributed by atoms with Crippen molar-refractivity contribution in [3.05, 3.63) is 106 Å². The van der Waals surface area contributed by atoms with Crippen LogP contribution < -0.4 is 0 Å². The van der Waals surface area contributed by atoms with Crippen LogP contribution in [0.15, 0.2) is 72.8 Å². The van der Waals surface area contributed by atoms with Crippen LogP contribution in [0.2, 0.25) is 0 Å². The highest BCUT2D eigenvalue weighted by atomic mass is 19.4. The van der Waals surface area contributed by atoms with E-state index in [4.69, 9.17) is 4.98 Å². The maximum atomic E-state index is 15.3. The lowest BCUT2D eigenvalue weighted by molar-refractivity contribution is -0.288. The normalized spacial score (nSPS) is 19.0. The molecule has 55 heavy (non-hydrogen) atoms. The minimum Gasteiger partial charge on any atom is -0.273 e. The van der Waals surface area contributed by atoms with Gasteiger partial charge < -0.3 is 0 Å². The monoisotopic (exact) mass is 754 g/mol. The number of hydrogen-bond donors (Lipinski definition) is 0. The number of benzene rings is 4. The van der Waals surface area contributed by atoms with E-state index in [0.717, 1.165) is 30.3 Å². The molecular formula is C43H36F6N4O2. The molecule has 6 aromatic rings. The topological polar surface area (TPSA) is 69.8 Å². The quantitative estimate of drug-likeness (QED) is 0.168. The average Bonchev–Trinajstić information content (AvgIpc) is 3.78. The van der Waals surface area contributed by atoms with Crippen LogP contribution in [0.4, 0.5) is 26.3 Å². The summed E-state index contributed by atoms with van der Waals surface area (Å²) >= 11 is 0. The predicted octanol–water partition coefficient (Wildman–Crippen LogP) is 10.7. The van der Waals surface area contributed by atoms with Gasteiger partial charge in [-0.2, -0.15) is 26.3 Å². The summed E-state index contributed by atoms with van der Waals surface area (Å²) in [5.74, 6) is -0.0844. The maximum Gasteiger partial charge on any atom is 0.411 e. The molecule has 0 N–H and O–H groups in total. The Hall–Kier alpha value is -5.26. The van der Waals surface area contributed by atoms with E-state index in [2.05, 4.69) is 4.98 Å². The Kier molecular flexibility index (Phi) is 6.53. The molecule has 1 aliphatic carbocycles. The molecule has 282 valence electrons. The van der Waals surface area contributed by atoms with E-state index in [1.165, 1.54) is 10.6 Å². The maximum absolute atomic E-state index is 15.3. The highest BCUT2D eigenvalue weighted by molar-refractivity contribution is 6.13. The fourth-order valence-corrected chi connectivity index (χ4v) is 9.05.